The van der Waals surface area contributed by atoms with Gasteiger partial charge in [-0.2, -0.15) is 0 Å². The highest BCUT2D eigenvalue weighted by molar-refractivity contribution is 6.15. The third kappa shape index (κ3) is 9.59. The van der Waals surface area contributed by atoms with Gasteiger partial charge in [-0.1, -0.05) is 175 Å². The Labute approximate surface area is 577 Å². The maximum absolute atomic E-state index is 4.58. The lowest BCUT2D eigenvalue weighted by Gasteiger charge is -2.25. The lowest BCUT2D eigenvalue weighted by molar-refractivity contribution is 1.01. The summed E-state index contributed by atoms with van der Waals surface area (Å²) in [5, 5.41) is 14.7. The number of para-hydroxylation sites is 6. The van der Waals surface area contributed by atoms with Gasteiger partial charge in [0, 0.05) is 125 Å². The van der Waals surface area contributed by atoms with E-state index in [0.29, 0.717) is 0 Å². The third-order valence-electron chi connectivity index (χ3n) is 20.2. The number of hydrogen-bond acceptors (Lipinski definition) is 4. The molecule has 0 saturated carbocycles. The first-order valence-corrected chi connectivity index (χ1v) is 34.1. The largest absolute Gasteiger partial charge is 0.344 e. The van der Waals surface area contributed by atoms with Gasteiger partial charge in [-0.25, -0.2) is 0 Å². The molecule has 0 aliphatic heterocycles. The zero-order chi connectivity index (χ0) is 66.4. The van der Waals surface area contributed by atoms with E-state index in [-0.39, 0.29) is 0 Å². The summed E-state index contributed by atoms with van der Waals surface area (Å²) in [6, 6.07) is 118. The minimum Gasteiger partial charge on any atom is -0.344 e. The minimum atomic E-state index is 1.09. The fraction of sp³-hybridized carbons (Fsp3) is 0.0217. The Kier molecular flexibility index (Phi) is 13.8. The summed E-state index contributed by atoms with van der Waals surface area (Å²) < 4.78 is 9.42. The van der Waals surface area contributed by atoms with Gasteiger partial charge in [0.15, 0.2) is 0 Å². The van der Waals surface area contributed by atoms with Crippen LogP contribution in [-0.4, -0.2) is 28.2 Å². The van der Waals surface area contributed by atoms with E-state index in [0.717, 1.165) is 78.8 Å². The average molecular weight is 1280 g/mol. The molecule has 14 aromatic carbocycles. The van der Waals surface area contributed by atoms with Crippen LogP contribution in [0.25, 0.3) is 137 Å². The predicted octanol–water partition coefficient (Wildman–Crippen LogP) is 24.3. The molecule has 20 rings (SSSR count). The zero-order valence-electron chi connectivity index (χ0n) is 55.1. The summed E-state index contributed by atoms with van der Waals surface area (Å²) in [6.45, 7) is 2.16. The SMILES string of the molecule is Cc1ccc2c(-c3cccc4cc(-n5c6ccc(N(c7ccccc7)c7ccccc7)cc6c6cc(-n7c8ccccc8c8ccncc87)ccc65)ccc34)cccc2c1.Cn1c2ccc(N(c3ccccc3)c3ccccc3)cc2c2cc(-n3c4ccccc4c4ccncc43)ccc21. The van der Waals surface area contributed by atoms with Gasteiger partial charge in [0.05, 0.1) is 45.5 Å². The molecule has 6 aromatic heterocycles. The number of nitrogens with zero attached hydrogens (tertiary/aromatic N) is 8. The Balaban J connectivity index is 0.000000151. The highest BCUT2D eigenvalue weighted by Gasteiger charge is 2.23. The fourth-order valence-electron chi connectivity index (χ4n) is 15.7. The minimum absolute atomic E-state index is 1.09. The van der Waals surface area contributed by atoms with Gasteiger partial charge in [-0.15, -0.1) is 0 Å². The van der Waals surface area contributed by atoms with Crippen molar-refractivity contribution < 1.29 is 0 Å². The molecule has 0 saturated heterocycles. The zero-order valence-corrected chi connectivity index (χ0v) is 55.1. The lowest BCUT2D eigenvalue weighted by atomic mass is 9.93. The van der Waals surface area contributed by atoms with Crippen LogP contribution in [0, 0.1) is 6.92 Å². The third-order valence-corrected chi connectivity index (χ3v) is 20.2. The first kappa shape index (κ1) is 58.1. The maximum Gasteiger partial charge on any atom is 0.0724 e. The van der Waals surface area contributed by atoms with Crippen molar-refractivity contribution in [1.29, 1.82) is 0 Å². The second-order valence-corrected chi connectivity index (χ2v) is 25.9. The Bertz CT molecular complexity index is 6380. The molecule has 6 heterocycles. The summed E-state index contributed by atoms with van der Waals surface area (Å²) in [6.07, 6.45) is 7.72. The van der Waals surface area contributed by atoms with Gasteiger partial charge in [0.1, 0.15) is 0 Å². The van der Waals surface area contributed by atoms with Crippen molar-refractivity contribution in [1.82, 2.24) is 28.2 Å². The normalized spacial score (nSPS) is 11.7. The smallest absolute Gasteiger partial charge is 0.0724 e. The molecule has 8 nitrogen and oxygen atoms in total. The number of aryl methyl sites for hydroxylation is 2. The van der Waals surface area contributed by atoms with Crippen molar-refractivity contribution in [3.8, 4) is 28.2 Å². The number of pyridine rings is 2. The molecule has 20 aromatic rings. The van der Waals surface area contributed by atoms with Crippen LogP contribution in [0.5, 0.6) is 0 Å². The molecule has 100 heavy (non-hydrogen) atoms. The summed E-state index contributed by atoms with van der Waals surface area (Å²) in [7, 11) is 2.15. The van der Waals surface area contributed by atoms with Crippen LogP contribution in [0.2, 0.25) is 0 Å². The molecule has 0 N–H and O–H groups in total. The highest BCUT2D eigenvalue weighted by Crippen LogP contribution is 2.45. The number of anilines is 6. The Morgan fingerprint density at radius 2 is 0.600 bits per heavy atom. The molecular formula is C92H64N8. The van der Waals surface area contributed by atoms with Crippen LogP contribution in [0.4, 0.5) is 34.1 Å². The molecule has 8 heteroatoms. The Morgan fingerprint density at radius 3 is 1.11 bits per heavy atom. The molecule has 0 radical (unpaired) electrons. The molecule has 0 spiro atoms. The Morgan fingerprint density at radius 1 is 0.240 bits per heavy atom. The predicted molar refractivity (Wildman–Crippen MR) is 420 cm³/mol. The van der Waals surface area contributed by atoms with Crippen molar-refractivity contribution in [2.75, 3.05) is 9.80 Å². The van der Waals surface area contributed by atoms with Crippen LogP contribution in [0.1, 0.15) is 5.56 Å². The van der Waals surface area contributed by atoms with Crippen LogP contribution >= 0.6 is 0 Å². The van der Waals surface area contributed by atoms with Crippen molar-refractivity contribution in [2.45, 2.75) is 6.92 Å². The number of hydrogen-bond donors (Lipinski definition) is 0. The van der Waals surface area contributed by atoms with E-state index in [9.17, 15) is 0 Å². The quantitative estimate of drug-likeness (QED) is 0.137. The highest BCUT2D eigenvalue weighted by atomic mass is 15.2. The van der Waals surface area contributed by atoms with Gasteiger partial charge < -0.3 is 28.1 Å². The van der Waals surface area contributed by atoms with Crippen molar-refractivity contribution in [3.05, 3.63) is 358 Å². The summed E-state index contributed by atoms with van der Waals surface area (Å²) >= 11 is 0. The monoisotopic (exact) mass is 1280 g/mol. The average Bonchev–Trinajstić information content (AvgIpc) is 1.56. The summed E-state index contributed by atoms with van der Waals surface area (Å²) in [4.78, 5) is 13.7. The fourth-order valence-corrected chi connectivity index (χ4v) is 15.7. The standard InChI is InChI=1S/C56H38N4.C36H26N4/c1-37-22-26-45-38(32-37)12-10-19-47(45)48-20-11-13-39-33-42(23-27-46(39)48)59-54-28-24-43(58(40-14-4-2-5-15-40)41-16-6-3-7-17-41)34-51(54)52-35-44(25-29-55(52)59)60-53-21-9-8-18-49(53)50-30-31-57-36-56(50)60;1-38-33-18-16-27(39(25-10-4-2-5-11-25)26-12-6-3-7-13-26)22-31(33)32-23-28(17-19-34(32)38)40-35-15-9-8-14-29(35)30-20-21-37-24-36(30)40/h2-36H,1H3;2-24H,1H3. The molecule has 0 unspecified atom stereocenters. The second-order valence-electron chi connectivity index (χ2n) is 25.9. The van der Waals surface area contributed by atoms with E-state index in [1.807, 2.05) is 24.8 Å². The van der Waals surface area contributed by atoms with Gasteiger partial charge in [-0.3, -0.25) is 9.97 Å². The molecule has 0 bridgehead atoms. The van der Waals surface area contributed by atoms with Crippen molar-refractivity contribution in [3.63, 3.8) is 0 Å². The summed E-state index contributed by atoms with van der Waals surface area (Å²) in [5.41, 5.74) is 23.1. The first-order valence-electron chi connectivity index (χ1n) is 34.1. The topological polar surface area (TPSA) is 52.0 Å². The molecule has 0 aliphatic rings. The molecule has 0 atom stereocenters. The number of benzene rings is 14. The van der Waals surface area contributed by atoms with E-state index in [1.54, 1.807) is 0 Å². The van der Waals surface area contributed by atoms with E-state index in [2.05, 4.69) is 380 Å². The number of rotatable bonds is 10. The van der Waals surface area contributed by atoms with Gasteiger partial charge >= 0.3 is 0 Å². The molecule has 0 aliphatic carbocycles. The van der Waals surface area contributed by atoms with Crippen LogP contribution in [0.3, 0.4) is 0 Å². The van der Waals surface area contributed by atoms with Crippen LogP contribution in [-0.2, 0) is 7.05 Å². The molecule has 472 valence electrons. The van der Waals surface area contributed by atoms with E-state index in [4.69, 9.17) is 0 Å². The lowest BCUT2D eigenvalue weighted by Crippen LogP contribution is -2.09. The van der Waals surface area contributed by atoms with Crippen LogP contribution in [0.15, 0.2) is 352 Å². The van der Waals surface area contributed by atoms with Crippen molar-refractivity contribution >= 4 is 143 Å². The second kappa shape index (κ2) is 23.8. The maximum atomic E-state index is 4.58. The molecule has 0 amide bonds. The molecular weight excluding hydrogens is 1220 g/mol. The van der Waals surface area contributed by atoms with Crippen molar-refractivity contribution in [2.24, 2.45) is 7.05 Å². The number of fused-ring (bicyclic) bond motifs is 14. The Hall–Kier alpha value is -13.3. The van der Waals surface area contributed by atoms with E-state index in [1.165, 1.54) is 97.9 Å². The first-order chi connectivity index (χ1) is 49.5. The van der Waals surface area contributed by atoms with Gasteiger partial charge in [0.25, 0.3) is 0 Å². The molecule has 0 fully saturated rings. The number of aromatic nitrogens is 6. The van der Waals surface area contributed by atoms with Gasteiger partial charge in [0.2, 0.25) is 0 Å². The summed E-state index contributed by atoms with van der Waals surface area (Å²) in [5.74, 6) is 0. The van der Waals surface area contributed by atoms with E-state index >= 15 is 0 Å². The van der Waals surface area contributed by atoms with E-state index < -0.39 is 0 Å². The van der Waals surface area contributed by atoms with Crippen LogP contribution < -0.4 is 9.80 Å². The van der Waals surface area contributed by atoms with Gasteiger partial charge in [-0.05, 0) is 197 Å².